The van der Waals surface area contributed by atoms with E-state index in [1.54, 1.807) is 0 Å². The Hall–Kier alpha value is -0.400. The largest absolute Gasteiger partial charge is 0.488 e. The second-order valence-corrected chi connectivity index (χ2v) is 20.4. The minimum Gasteiger partial charge on any atom is -0.488 e. The molecule has 344 valence electrons. The zero-order chi connectivity index (χ0) is 42.4. The highest BCUT2D eigenvalue weighted by Crippen LogP contribution is 2.47. The number of aromatic nitrogens is 2. The minimum absolute atomic E-state index is 0.711. The van der Waals surface area contributed by atoms with E-state index in [-0.39, 0.29) is 0 Å². The number of hydrogen-bond acceptors (Lipinski definition) is 5. The van der Waals surface area contributed by atoms with Crippen molar-refractivity contribution in [1.29, 1.82) is 0 Å². The van der Waals surface area contributed by atoms with Crippen LogP contribution in [0.15, 0.2) is 8.95 Å². The third-order valence-corrected chi connectivity index (χ3v) is 14.9. The van der Waals surface area contributed by atoms with Gasteiger partial charge in [-0.25, -0.2) is 0 Å². The van der Waals surface area contributed by atoms with Crippen molar-refractivity contribution in [2.45, 2.75) is 272 Å². The van der Waals surface area contributed by atoms with E-state index in [1.165, 1.54) is 243 Å². The number of hydrogen-bond donors (Lipinski definition) is 0. The third kappa shape index (κ3) is 26.7. The van der Waals surface area contributed by atoms with E-state index in [0.29, 0.717) is 13.2 Å². The lowest BCUT2D eigenvalue weighted by Gasteiger charge is -2.21. The summed E-state index contributed by atoms with van der Waals surface area (Å²) in [5.41, 5.74) is 1.72. The van der Waals surface area contributed by atoms with Crippen molar-refractivity contribution in [3.63, 3.8) is 0 Å². The van der Waals surface area contributed by atoms with E-state index in [0.717, 1.165) is 56.2 Å². The molecule has 0 fully saturated rings. The zero-order valence-electron chi connectivity index (χ0n) is 39.3. The summed E-state index contributed by atoms with van der Waals surface area (Å²) >= 11 is 9.08. The van der Waals surface area contributed by atoms with Crippen LogP contribution in [0.25, 0.3) is 11.0 Å². The normalized spacial score (nSPS) is 11.9. The van der Waals surface area contributed by atoms with Gasteiger partial charge < -0.3 is 9.47 Å². The fourth-order valence-electron chi connectivity index (χ4n) is 8.94. The third-order valence-electron chi connectivity index (χ3n) is 12.9. The molecule has 0 spiro atoms. The summed E-state index contributed by atoms with van der Waals surface area (Å²) in [7, 11) is 0. The second kappa shape index (κ2) is 39.2. The first-order chi connectivity index (χ1) is 29.1. The molecule has 0 aliphatic carbocycles. The summed E-state index contributed by atoms with van der Waals surface area (Å²) in [6.45, 7) is 10.7. The molecular formula is C52H94Br2N2O2S. The van der Waals surface area contributed by atoms with Gasteiger partial charge in [-0.05, 0) is 56.5 Å². The molecule has 0 unspecified atom stereocenters. The lowest BCUT2D eigenvalue weighted by Crippen LogP contribution is -2.11. The van der Waals surface area contributed by atoms with Crippen molar-refractivity contribution in [3.05, 3.63) is 8.95 Å². The van der Waals surface area contributed by atoms with Crippen LogP contribution >= 0.6 is 43.6 Å². The maximum absolute atomic E-state index is 6.77. The molecule has 0 atom stereocenters. The maximum atomic E-state index is 6.77. The second-order valence-electron chi connectivity index (χ2n) is 18.3. The van der Waals surface area contributed by atoms with Crippen molar-refractivity contribution in [2.75, 3.05) is 13.2 Å². The van der Waals surface area contributed by atoms with Gasteiger partial charge in [0.25, 0.3) is 0 Å². The van der Waals surface area contributed by atoms with Crippen molar-refractivity contribution in [3.8, 4) is 11.5 Å². The summed E-state index contributed by atoms with van der Waals surface area (Å²) < 4.78 is 24.6. The van der Waals surface area contributed by atoms with Crippen LogP contribution in [0.4, 0.5) is 0 Å². The summed E-state index contributed by atoms with van der Waals surface area (Å²) in [6.07, 6.45) is 51.9. The van der Waals surface area contributed by atoms with Gasteiger partial charge in [-0.1, -0.05) is 259 Å². The Kier molecular flexibility index (Phi) is 36.4. The monoisotopic (exact) mass is 969 g/mol. The Morgan fingerprint density at radius 1 is 0.356 bits per heavy atom. The molecule has 0 amide bonds. The lowest BCUT2D eigenvalue weighted by molar-refractivity contribution is 0.224. The summed E-state index contributed by atoms with van der Waals surface area (Å²) in [4.78, 5) is 0. The van der Waals surface area contributed by atoms with Crippen LogP contribution in [0.5, 0.6) is 11.5 Å². The molecular weight excluding hydrogens is 876 g/mol. The highest BCUT2D eigenvalue weighted by atomic mass is 79.9. The highest BCUT2D eigenvalue weighted by molar-refractivity contribution is 9.11. The van der Waals surface area contributed by atoms with E-state index >= 15 is 0 Å². The van der Waals surface area contributed by atoms with Crippen LogP contribution in [0.1, 0.15) is 272 Å². The highest BCUT2D eigenvalue weighted by Gasteiger charge is 2.24. The Labute approximate surface area is 387 Å². The maximum Gasteiger partial charge on any atom is 0.178 e. The predicted molar refractivity (Wildman–Crippen MR) is 269 cm³/mol. The van der Waals surface area contributed by atoms with Crippen molar-refractivity contribution in [2.24, 2.45) is 11.8 Å². The fourth-order valence-corrected chi connectivity index (χ4v) is 10.9. The predicted octanol–water partition coefficient (Wildman–Crippen LogP) is 20.1. The first-order valence-electron chi connectivity index (χ1n) is 26.0. The van der Waals surface area contributed by atoms with Crippen LogP contribution in [0.2, 0.25) is 0 Å². The Bertz CT molecular complexity index is 1100. The molecule has 4 nitrogen and oxygen atoms in total. The Morgan fingerprint density at radius 2 is 0.593 bits per heavy atom. The molecule has 59 heavy (non-hydrogen) atoms. The number of unbranched alkanes of at least 4 members (excludes halogenated alkanes) is 28. The first kappa shape index (κ1) is 54.7. The number of fused-ring (bicyclic) bond motifs is 1. The van der Waals surface area contributed by atoms with Gasteiger partial charge >= 0.3 is 0 Å². The molecule has 0 aliphatic heterocycles. The average Bonchev–Trinajstić information content (AvgIpc) is 3.75. The molecule has 1 aromatic heterocycles. The topological polar surface area (TPSA) is 44.2 Å². The summed E-state index contributed by atoms with van der Waals surface area (Å²) in [6, 6.07) is 0. The van der Waals surface area contributed by atoms with Gasteiger partial charge in [0, 0.05) is 0 Å². The summed E-state index contributed by atoms with van der Waals surface area (Å²) in [5.74, 6) is 3.05. The van der Waals surface area contributed by atoms with Crippen molar-refractivity contribution in [1.82, 2.24) is 8.75 Å². The van der Waals surface area contributed by atoms with Crippen LogP contribution in [-0.2, 0) is 0 Å². The Balaban J connectivity index is 2.01. The van der Waals surface area contributed by atoms with Crippen LogP contribution < -0.4 is 9.47 Å². The molecule has 0 saturated heterocycles. The number of rotatable bonds is 44. The zero-order valence-corrected chi connectivity index (χ0v) is 43.3. The van der Waals surface area contributed by atoms with Gasteiger partial charge in [-0.3, -0.25) is 0 Å². The van der Waals surface area contributed by atoms with Gasteiger partial charge in [0.05, 0.1) is 33.9 Å². The molecule has 0 saturated carbocycles. The van der Waals surface area contributed by atoms with Gasteiger partial charge in [0.15, 0.2) is 11.5 Å². The van der Waals surface area contributed by atoms with E-state index in [1.807, 2.05) is 0 Å². The number of benzene rings is 1. The Morgan fingerprint density at radius 3 is 0.847 bits per heavy atom. The van der Waals surface area contributed by atoms with E-state index < -0.39 is 0 Å². The van der Waals surface area contributed by atoms with Crippen molar-refractivity contribution < 1.29 is 9.47 Å². The molecule has 0 aliphatic rings. The number of halogens is 2. The molecule has 1 aromatic carbocycles. The minimum atomic E-state index is 0.711. The molecule has 7 heteroatoms. The summed E-state index contributed by atoms with van der Waals surface area (Å²) in [5, 5.41) is 0. The standard InChI is InChI=1S/C52H94Br2N2O2S/c1-5-9-13-17-21-25-29-33-37-45(38-34-30-26-22-18-14-10-6-2)41-43-57-51-47(53)49-50(56-59-55-49)48(54)52(51)58-44-42-46(39-35-31-27-23-19-15-11-7-3)40-36-32-28-24-20-16-12-8-4/h45-46H,5-44H2,1-4H3. The smallest absolute Gasteiger partial charge is 0.178 e. The molecule has 1 heterocycles. The fraction of sp³-hybridized carbons (Fsp3) is 0.885. The lowest BCUT2D eigenvalue weighted by atomic mass is 9.91. The number of nitrogens with zero attached hydrogens (tertiary/aromatic N) is 2. The molecule has 2 rings (SSSR count). The van der Waals surface area contributed by atoms with Crippen LogP contribution in [-0.4, -0.2) is 22.0 Å². The molecule has 2 aromatic rings. The molecule has 0 bridgehead atoms. The molecule has 0 N–H and O–H groups in total. The van der Waals surface area contributed by atoms with Crippen molar-refractivity contribution >= 4 is 54.6 Å². The molecule has 0 radical (unpaired) electrons. The van der Waals surface area contributed by atoms with Crippen LogP contribution in [0, 0.1) is 11.8 Å². The van der Waals surface area contributed by atoms with Gasteiger partial charge in [0.1, 0.15) is 11.0 Å². The number of ether oxygens (including phenoxy) is 2. The van der Waals surface area contributed by atoms with E-state index in [2.05, 4.69) is 68.3 Å². The van der Waals surface area contributed by atoms with Gasteiger partial charge in [0.2, 0.25) is 0 Å². The average molecular weight is 971 g/mol. The van der Waals surface area contributed by atoms with Crippen LogP contribution in [0.3, 0.4) is 0 Å². The first-order valence-corrected chi connectivity index (χ1v) is 28.3. The van der Waals surface area contributed by atoms with Gasteiger partial charge in [-0.15, -0.1) is 0 Å². The SMILES string of the molecule is CCCCCCCCCCC(CCCCCCCCCC)CCOc1c(OCCC(CCCCCCCCCC)CCCCCCCCCC)c(Br)c2nsnc2c1Br. The quantitative estimate of drug-likeness (QED) is 0.0621. The van der Waals surface area contributed by atoms with E-state index in [9.17, 15) is 0 Å². The van der Waals surface area contributed by atoms with Gasteiger partial charge in [-0.2, -0.15) is 8.75 Å². The van der Waals surface area contributed by atoms with E-state index in [4.69, 9.17) is 9.47 Å².